The van der Waals surface area contributed by atoms with Crippen molar-refractivity contribution in [3.63, 3.8) is 0 Å². The van der Waals surface area contributed by atoms with Crippen LogP contribution in [0.5, 0.6) is 0 Å². The predicted octanol–water partition coefficient (Wildman–Crippen LogP) is -1.25. The van der Waals surface area contributed by atoms with Crippen molar-refractivity contribution in [2.75, 3.05) is 39.3 Å². The van der Waals surface area contributed by atoms with E-state index in [0.717, 1.165) is 52.1 Å². The Labute approximate surface area is 129 Å². The zero-order valence-electron chi connectivity index (χ0n) is 10.9. The third kappa shape index (κ3) is 57.5. The predicted molar refractivity (Wildman–Crippen MR) is 64.9 cm³/mol. The minimum absolute atomic E-state index is 0. The molecular weight excluding hydrogens is 332 g/mol. The minimum atomic E-state index is 0. The summed E-state index contributed by atoms with van der Waals surface area (Å²) in [5, 5.41) is 6.58. The molecule has 0 bridgehead atoms. The molecule has 6 N–H and O–H groups in total. The summed E-state index contributed by atoms with van der Waals surface area (Å²) >= 11 is 0. The fourth-order valence-corrected chi connectivity index (χ4v) is 0.881. The maximum atomic E-state index is 7.50. The van der Waals surface area contributed by atoms with Crippen LogP contribution in [0.4, 0.5) is 0 Å². The molecule has 0 aromatic heterocycles. The first-order chi connectivity index (χ1) is 8.91. The first-order valence-corrected chi connectivity index (χ1v) is 5.34. The molecule has 0 aliphatic rings. The molecular formula is C11H22MoN4O3. The van der Waals surface area contributed by atoms with E-state index in [1.54, 1.807) is 0 Å². The zero-order valence-corrected chi connectivity index (χ0v) is 13.0. The summed E-state index contributed by atoms with van der Waals surface area (Å²) in [5.74, 6) is 0. The monoisotopic (exact) mass is 356 g/mol. The van der Waals surface area contributed by atoms with Crippen LogP contribution in [0.2, 0.25) is 0 Å². The average Bonchev–Trinajstić information content (AvgIpc) is 2.48. The average molecular weight is 354 g/mol. The Morgan fingerprint density at radius 1 is 0.632 bits per heavy atom. The van der Waals surface area contributed by atoms with Crippen LogP contribution < -0.4 is 22.1 Å². The van der Waals surface area contributed by atoms with Crippen LogP contribution in [0, 0.1) is 20.0 Å². The standard InChI is InChI=1S/C8H22N4.3CO.Mo/c9-3-1-5-11-7-8-12-6-2-4-10;3*1-2;/h11-12H,1-10H2;;;;. The number of nitrogens with one attached hydrogen (secondary N) is 2. The van der Waals surface area contributed by atoms with Crippen LogP contribution in [-0.2, 0) is 35.0 Å². The summed E-state index contributed by atoms with van der Waals surface area (Å²) in [6, 6.07) is 0. The van der Waals surface area contributed by atoms with Crippen molar-refractivity contribution in [1.82, 2.24) is 10.6 Å². The summed E-state index contributed by atoms with van der Waals surface area (Å²) in [4.78, 5) is 0. The van der Waals surface area contributed by atoms with Gasteiger partial charge in [-0.05, 0) is 39.0 Å². The largest absolute Gasteiger partial charge is 0 e. The molecule has 0 saturated heterocycles. The molecule has 7 nitrogen and oxygen atoms in total. The van der Waals surface area contributed by atoms with E-state index in [4.69, 9.17) is 25.4 Å². The van der Waals surface area contributed by atoms with Crippen molar-refractivity contribution in [2.24, 2.45) is 11.5 Å². The topological polar surface area (TPSA) is 136 Å². The number of rotatable bonds is 9. The van der Waals surface area contributed by atoms with Crippen LogP contribution in [0.15, 0.2) is 0 Å². The van der Waals surface area contributed by atoms with Crippen LogP contribution in [-0.4, -0.2) is 39.3 Å². The van der Waals surface area contributed by atoms with E-state index in [-0.39, 0.29) is 21.1 Å². The molecule has 0 atom stereocenters. The second kappa shape index (κ2) is 52.4. The van der Waals surface area contributed by atoms with Crippen LogP contribution >= 0.6 is 0 Å². The molecule has 8 heteroatoms. The Bertz CT molecular complexity index is 153. The van der Waals surface area contributed by atoms with Crippen LogP contribution in [0.1, 0.15) is 12.8 Å². The van der Waals surface area contributed by atoms with E-state index < -0.39 is 0 Å². The summed E-state index contributed by atoms with van der Waals surface area (Å²) in [5.41, 5.74) is 10.7. The van der Waals surface area contributed by atoms with Crippen molar-refractivity contribution in [3.05, 3.63) is 20.0 Å². The van der Waals surface area contributed by atoms with Crippen molar-refractivity contribution in [2.45, 2.75) is 12.8 Å². The molecule has 0 spiro atoms. The Morgan fingerprint density at radius 2 is 0.895 bits per heavy atom. The molecule has 0 aliphatic carbocycles. The van der Waals surface area contributed by atoms with Gasteiger partial charge in [-0.25, -0.2) is 0 Å². The fraction of sp³-hybridized carbons (Fsp3) is 0.727. The van der Waals surface area contributed by atoms with Gasteiger partial charge in [-0.15, -0.1) is 0 Å². The fourth-order valence-electron chi connectivity index (χ4n) is 0.881. The summed E-state index contributed by atoms with van der Waals surface area (Å²) in [6.07, 6.45) is 2.12. The molecule has 0 rings (SSSR count). The van der Waals surface area contributed by atoms with Gasteiger partial charge in [0, 0.05) is 34.2 Å². The maximum absolute atomic E-state index is 7.50. The van der Waals surface area contributed by atoms with Gasteiger partial charge in [0.2, 0.25) is 0 Å². The van der Waals surface area contributed by atoms with E-state index in [2.05, 4.69) is 30.6 Å². The third-order valence-corrected chi connectivity index (χ3v) is 1.59. The smallest absolute Gasteiger partial charge is 0 e. The van der Waals surface area contributed by atoms with E-state index in [9.17, 15) is 0 Å². The molecule has 0 saturated carbocycles. The molecule has 0 aliphatic heterocycles. The molecule has 0 aromatic rings. The Balaban J connectivity index is -0.0000000816. The summed E-state index contributed by atoms with van der Waals surface area (Å²) in [7, 11) is 0. The van der Waals surface area contributed by atoms with Gasteiger partial charge in [-0.2, -0.15) is 0 Å². The normalized spacial score (nSPS) is 6.95. The molecule has 0 unspecified atom stereocenters. The van der Waals surface area contributed by atoms with Gasteiger partial charge in [0.05, 0.1) is 0 Å². The van der Waals surface area contributed by atoms with Crippen molar-refractivity contribution in [3.8, 4) is 0 Å². The van der Waals surface area contributed by atoms with Gasteiger partial charge in [0.25, 0.3) is 0 Å². The number of nitrogens with two attached hydrogens (primary N) is 2. The van der Waals surface area contributed by atoms with E-state index in [0.29, 0.717) is 0 Å². The Hall–Kier alpha value is -0.252. The molecule has 0 amide bonds. The number of hydrogen-bond donors (Lipinski definition) is 4. The third-order valence-electron chi connectivity index (χ3n) is 1.59. The van der Waals surface area contributed by atoms with Gasteiger partial charge >= 0.3 is 33.9 Å². The maximum Gasteiger partial charge on any atom is 0 e. The van der Waals surface area contributed by atoms with Crippen LogP contribution in [0.3, 0.4) is 0 Å². The second-order valence-electron chi connectivity index (χ2n) is 2.78. The second-order valence-corrected chi connectivity index (χ2v) is 2.78. The summed E-state index contributed by atoms with van der Waals surface area (Å²) < 4.78 is 22.5. The molecule has 0 radical (unpaired) electrons. The molecule has 0 fully saturated rings. The van der Waals surface area contributed by atoms with Crippen LogP contribution in [0.25, 0.3) is 0 Å². The van der Waals surface area contributed by atoms with Crippen molar-refractivity contribution >= 4 is 0 Å². The first kappa shape index (κ1) is 31.2. The number of hydrogen-bond acceptors (Lipinski definition) is 4. The van der Waals surface area contributed by atoms with Gasteiger partial charge in [-0.3, -0.25) is 0 Å². The van der Waals surface area contributed by atoms with E-state index >= 15 is 0 Å². The molecule has 0 aromatic carbocycles. The van der Waals surface area contributed by atoms with Gasteiger partial charge < -0.3 is 22.1 Å². The zero-order chi connectivity index (χ0) is 15.1. The van der Waals surface area contributed by atoms with Gasteiger partial charge in [0.15, 0.2) is 0 Å². The quantitative estimate of drug-likeness (QED) is 0.178. The Morgan fingerprint density at radius 3 is 1.11 bits per heavy atom. The van der Waals surface area contributed by atoms with E-state index in [1.165, 1.54) is 0 Å². The molecule has 19 heavy (non-hydrogen) atoms. The summed E-state index contributed by atoms with van der Waals surface area (Å²) in [6.45, 7) is 19.1. The molecule has 110 valence electrons. The first-order valence-electron chi connectivity index (χ1n) is 5.34. The minimum Gasteiger partial charge on any atom is 0 e. The van der Waals surface area contributed by atoms with Gasteiger partial charge in [0.1, 0.15) is 0 Å². The van der Waals surface area contributed by atoms with Crippen molar-refractivity contribution < 1.29 is 35.0 Å². The van der Waals surface area contributed by atoms with E-state index in [1.807, 2.05) is 0 Å². The SMILES string of the molecule is NCCCNCCNCCCN.[C-]#[O+].[C-]#[O+].[C-]#[O+].[Mo]. The van der Waals surface area contributed by atoms with Gasteiger partial charge in [-0.1, -0.05) is 0 Å². The van der Waals surface area contributed by atoms with Crippen molar-refractivity contribution in [1.29, 1.82) is 0 Å². The molecule has 0 heterocycles. The Kier molecular flexibility index (Phi) is 86.2.